The molecule has 1 atom stereocenters. The number of aryl methyl sites for hydroxylation is 1. The molecular weight excluding hydrogens is 192 g/mol. The van der Waals surface area contributed by atoms with E-state index in [9.17, 15) is 5.11 Å². The van der Waals surface area contributed by atoms with Crippen LogP contribution < -0.4 is 0 Å². The van der Waals surface area contributed by atoms with Crippen molar-refractivity contribution in [3.63, 3.8) is 0 Å². The van der Waals surface area contributed by atoms with Gasteiger partial charge >= 0.3 is 0 Å². The van der Waals surface area contributed by atoms with Gasteiger partial charge < -0.3 is 5.11 Å². The first-order valence-electron chi connectivity index (χ1n) is 4.99. The van der Waals surface area contributed by atoms with Gasteiger partial charge in [-0.25, -0.2) is 0 Å². The first kappa shape index (κ1) is 11.7. The number of rotatable bonds is 2. The van der Waals surface area contributed by atoms with Crippen LogP contribution in [0.4, 0.5) is 0 Å². The number of aliphatic hydroxyl groups is 1. The lowest BCUT2D eigenvalue weighted by Crippen LogP contribution is -2.27. The lowest BCUT2D eigenvalue weighted by atomic mass is 9.79. The van der Waals surface area contributed by atoms with Crippen LogP contribution in [0.5, 0.6) is 0 Å². The first-order valence-corrected chi connectivity index (χ1v) is 5.87. The van der Waals surface area contributed by atoms with Crippen LogP contribution in [-0.4, -0.2) is 5.11 Å². The second-order valence-electron chi connectivity index (χ2n) is 5.40. The average molecular weight is 212 g/mol. The molecule has 2 heteroatoms. The molecule has 0 bridgehead atoms. The third-order valence-corrected chi connectivity index (χ3v) is 3.16. The molecule has 1 nitrogen and oxygen atoms in total. The lowest BCUT2D eigenvalue weighted by Gasteiger charge is -2.31. The third-order valence-electron chi connectivity index (χ3n) is 2.31. The zero-order valence-corrected chi connectivity index (χ0v) is 10.5. The van der Waals surface area contributed by atoms with Crippen molar-refractivity contribution in [3.8, 4) is 0 Å². The van der Waals surface area contributed by atoms with Gasteiger partial charge in [0.15, 0.2) is 0 Å². The molecule has 1 unspecified atom stereocenters. The molecule has 1 rings (SSSR count). The lowest BCUT2D eigenvalue weighted by molar-refractivity contribution is 0.0150. The highest BCUT2D eigenvalue weighted by Crippen LogP contribution is 2.37. The highest BCUT2D eigenvalue weighted by molar-refractivity contribution is 7.10. The summed E-state index contributed by atoms with van der Waals surface area (Å²) >= 11 is 1.70. The largest absolute Gasteiger partial charge is 0.385 e. The van der Waals surface area contributed by atoms with Gasteiger partial charge in [0, 0.05) is 4.88 Å². The van der Waals surface area contributed by atoms with E-state index >= 15 is 0 Å². The molecule has 0 aliphatic heterocycles. The van der Waals surface area contributed by atoms with Crippen LogP contribution in [0.3, 0.4) is 0 Å². The Morgan fingerprint density at radius 3 is 2.21 bits per heavy atom. The molecule has 0 spiro atoms. The molecule has 1 aromatic heterocycles. The summed E-state index contributed by atoms with van der Waals surface area (Å²) in [5, 5.41) is 12.4. The van der Waals surface area contributed by atoms with E-state index in [0.29, 0.717) is 0 Å². The number of hydrogen-bond donors (Lipinski definition) is 1. The molecule has 1 heterocycles. The van der Waals surface area contributed by atoms with E-state index in [0.717, 1.165) is 12.0 Å². The van der Waals surface area contributed by atoms with Crippen LogP contribution in [-0.2, 0) is 5.60 Å². The van der Waals surface area contributed by atoms with Crippen molar-refractivity contribution in [1.82, 2.24) is 0 Å². The van der Waals surface area contributed by atoms with Crippen LogP contribution in [0.15, 0.2) is 11.4 Å². The molecule has 0 saturated carbocycles. The molecule has 0 radical (unpaired) electrons. The Bertz CT molecular complexity index is 304. The normalized spacial score (nSPS) is 16.7. The summed E-state index contributed by atoms with van der Waals surface area (Å²) in [6, 6.07) is 2.03. The van der Waals surface area contributed by atoms with Gasteiger partial charge in [-0.2, -0.15) is 0 Å². The zero-order chi connectivity index (χ0) is 11.0. The van der Waals surface area contributed by atoms with E-state index in [1.54, 1.807) is 11.3 Å². The monoisotopic (exact) mass is 212 g/mol. The maximum absolute atomic E-state index is 10.4. The predicted octanol–water partition coefficient (Wildman–Crippen LogP) is 3.70. The van der Waals surface area contributed by atoms with E-state index < -0.39 is 5.60 Å². The number of thiophene rings is 1. The van der Waals surface area contributed by atoms with Crippen LogP contribution >= 0.6 is 11.3 Å². The van der Waals surface area contributed by atoms with Gasteiger partial charge in [0.05, 0.1) is 5.60 Å². The molecule has 0 fully saturated rings. The van der Waals surface area contributed by atoms with E-state index in [2.05, 4.69) is 27.7 Å². The zero-order valence-electron chi connectivity index (χ0n) is 9.72. The molecule has 0 aliphatic carbocycles. The van der Waals surface area contributed by atoms with Crippen molar-refractivity contribution in [1.29, 1.82) is 0 Å². The average Bonchev–Trinajstić information content (AvgIpc) is 2.29. The third kappa shape index (κ3) is 2.82. The van der Waals surface area contributed by atoms with Gasteiger partial charge in [0.1, 0.15) is 0 Å². The van der Waals surface area contributed by atoms with Gasteiger partial charge in [-0.1, -0.05) is 20.8 Å². The Morgan fingerprint density at radius 1 is 1.29 bits per heavy atom. The van der Waals surface area contributed by atoms with Crippen molar-refractivity contribution < 1.29 is 5.11 Å². The van der Waals surface area contributed by atoms with Crippen LogP contribution in [0.1, 0.15) is 44.6 Å². The van der Waals surface area contributed by atoms with Crippen molar-refractivity contribution in [2.45, 2.75) is 46.6 Å². The van der Waals surface area contributed by atoms with Crippen LogP contribution in [0.25, 0.3) is 0 Å². The molecule has 14 heavy (non-hydrogen) atoms. The molecule has 0 amide bonds. The first-order chi connectivity index (χ1) is 6.22. The Hall–Kier alpha value is -0.340. The minimum Gasteiger partial charge on any atom is -0.385 e. The molecule has 1 aromatic rings. The molecular formula is C12H20OS. The fourth-order valence-corrected chi connectivity index (χ4v) is 2.89. The van der Waals surface area contributed by atoms with E-state index in [-0.39, 0.29) is 5.41 Å². The molecule has 0 saturated heterocycles. The smallest absolute Gasteiger partial charge is 0.0884 e. The summed E-state index contributed by atoms with van der Waals surface area (Å²) in [7, 11) is 0. The van der Waals surface area contributed by atoms with Gasteiger partial charge in [0.2, 0.25) is 0 Å². The van der Waals surface area contributed by atoms with Gasteiger partial charge in [-0.05, 0) is 42.7 Å². The second kappa shape index (κ2) is 3.67. The van der Waals surface area contributed by atoms with Crippen molar-refractivity contribution in [2.75, 3.05) is 0 Å². The molecule has 1 N–H and O–H groups in total. The van der Waals surface area contributed by atoms with Crippen molar-refractivity contribution in [2.24, 2.45) is 5.41 Å². The molecule has 80 valence electrons. The quantitative estimate of drug-likeness (QED) is 0.792. The molecule has 0 aromatic carbocycles. The van der Waals surface area contributed by atoms with Gasteiger partial charge in [0.25, 0.3) is 0 Å². The summed E-state index contributed by atoms with van der Waals surface area (Å²) in [5.74, 6) is 0. The van der Waals surface area contributed by atoms with Crippen molar-refractivity contribution in [3.05, 3.63) is 21.9 Å². The van der Waals surface area contributed by atoms with Gasteiger partial charge in [-0.15, -0.1) is 11.3 Å². The topological polar surface area (TPSA) is 20.2 Å². The highest BCUT2D eigenvalue weighted by atomic mass is 32.1. The van der Waals surface area contributed by atoms with Gasteiger partial charge in [-0.3, -0.25) is 0 Å². The van der Waals surface area contributed by atoms with E-state index in [4.69, 9.17) is 0 Å². The summed E-state index contributed by atoms with van der Waals surface area (Å²) in [6.07, 6.45) is 0.789. The second-order valence-corrected chi connectivity index (χ2v) is 6.52. The number of hydrogen-bond acceptors (Lipinski definition) is 2. The van der Waals surface area contributed by atoms with E-state index in [1.807, 2.05) is 18.4 Å². The van der Waals surface area contributed by atoms with E-state index in [1.165, 1.54) is 4.88 Å². The SMILES string of the molecule is Cc1sccc1C(C)(O)CC(C)(C)C. The summed E-state index contributed by atoms with van der Waals surface area (Å²) < 4.78 is 0. The summed E-state index contributed by atoms with van der Waals surface area (Å²) in [6.45, 7) is 10.4. The minimum atomic E-state index is -0.692. The van der Waals surface area contributed by atoms with Crippen LogP contribution in [0, 0.1) is 12.3 Å². The molecule has 0 aliphatic rings. The minimum absolute atomic E-state index is 0.151. The Balaban J connectivity index is 2.91. The fraction of sp³-hybridized carbons (Fsp3) is 0.667. The Labute approximate surface area is 90.8 Å². The summed E-state index contributed by atoms with van der Waals surface area (Å²) in [5.41, 5.74) is 0.539. The highest BCUT2D eigenvalue weighted by Gasteiger charge is 2.30. The fourth-order valence-electron chi connectivity index (χ4n) is 2.07. The van der Waals surface area contributed by atoms with Crippen LogP contribution in [0.2, 0.25) is 0 Å². The maximum atomic E-state index is 10.4. The Morgan fingerprint density at radius 2 is 1.86 bits per heavy atom. The predicted molar refractivity (Wildman–Crippen MR) is 62.7 cm³/mol. The Kier molecular flexibility index (Phi) is 3.07. The maximum Gasteiger partial charge on any atom is 0.0884 e. The standard InChI is InChI=1S/C12H20OS/c1-9-10(6-7-14-9)12(5,13)8-11(2,3)4/h6-7,13H,8H2,1-5H3. The summed E-state index contributed by atoms with van der Waals surface area (Å²) in [4.78, 5) is 1.22. The van der Waals surface area contributed by atoms with Crippen molar-refractivity contribution >= 4 is 11.3 Å².